The lowest BCUT2D eigenvalue weighted by Gasteiger charge is -2.32. The Labute approximate surface area is 169 Å². The number of piperidine rings is 1. The molecule has 0 atom stereocenters. The maximum atomic E-state index is 4.81. The highest BCUT2D eigenvalue weighted by Gasteiger charge is 2.16. The molecule has 2 fully saturated rings. The second-order valence-electron chi connectivity index (χ2n) is 8.44. The van der Waals surface area contributed by atoms with Gasteiger partial charge in [0.2, 0.25) is 5.95 Å². The second-order valence-corrected chi connectivity index (χ2v) is 8.44. The molecule has 3 heterocycles. The molecule has 2 aromatic rings. The molecule has 0 unspecified atom stereocenters. The van der Waals surface area contributed by atoms with Crippen molar-refractivity contribution in [2.24, 2.45) is 5.92 Å². The van der Waals surface area contributed by atoms with Crippen LogP contribution >= 0.6 is 0 Å². The first-order valence-electron chi connectivity index (χ1n) is 10.9. The number of aromatic nitrogens is 2. The van der Waals surface area contributed by atoms with E-state index in [0.29, 0.717) is 0 Å². The number of nitrogens with one attached hydrogen (secondary N) is 1. The Morgan fingerprint density at radius 1 is 0.857 bits per heavy atom. The van der Waals surface area contributed by atoms with Gasteiger partial charge in [-0.05, 0) is 62.8 Å². The summed E-state index contributed by atoms with van der Waals surface area (Å²) in [6.45, 7) is 8.86. The van der Waals surface area contributed by atoms with Crippen molar-refractivity contribution in [2.75, 3.05) is 41.3 Å². The highest BCUT2D eigenvalue weighted by atomic mass is 15.3. The summed E-state index contributed by atoms with van der Waals surface area (Å²) in [6.07, 6.45) is 7.68. The van der Waals surface area contributed by atoms with E-state index in [-0.39, 0.29) is 0 Å². The summed E-state index contributed by atoms with van der Waals surface area (Å²) in [7, 11) is 0. The molecule has 4 rings (SSSR count). The number of aryl methyl sites for hydroxylation is 1. The fraction of sp³-hybridized carbons (Fsp3) is 0.565. The molecule has 0 saturated carbocycles. The predicted molar refractivity (Wildman–Crippen MR) is 118 cm³/mol. The molecule has 0 spiro atoms. The zero-order valence-electron chi connectivity index (χ0n) is 17.3. The summed E-state index contributed by atoms with van der Waals surface area (Å²) in [5, 5.41) is 3.48. The Bertz CT molecular complexity index is 757. The first-order valence-corrected chi connectivity index (χ1v) is 10.9. The minimum absolute atomic E-state index is 0.858. The van der Waals surface area contributed by atoms with E-state index < -0.39 is 0 Å². The van der Waals surface area contributed by atoms with Crippen LogP contribution < -0.4 is 15.1 Å². The summed E-state index contributed by atoms with van der Waals surface area (Å²) in [5.74, 6) is 2.60. The van der Waals surface area contributed by atoms with Crippen molar-refractivity contribution in [2.45, 2.75) is 52.4 Å². The molecule has 0 radical (unpaired) electrons. The Morgan fingerprint density at radius 3 is 2.21 bits per heavy atom. The molecule has 150 valence electrons. The van der Waals surface area contributed by atoms with Crippen molar-refractivity contribution in [3.63, 3.8) is 0 Å². The smallest absolute Gasteiger partial charge is 0.227 e. The van der Waals surface area contributed by atoms with E-state index in [1.165, 1.54) is 44.2 Å². The van der Waals surface area contributed by atoms with Gasteiger partial charge in [0.25, 0.3) is 0 Å². The topological polar surface area (TPSA) is 44.3 Å². The van der Waals surface area contributed by atoms with Gasteiger partial charge in [0.15, 0.2) is 0 Å². The molecule has 1 aromatic carbocycles. The van der Waals surface area contributed by atoms with Crippen molar-refractivity contribution < 1.29 is 0 Å². The summed E-state index contributed by atoms with van der Waals surface area (Å²) < 4.78 is 0. The molecule has 2 saturated heterocycles. The number of rotatable bonds is 4. The molecule has 2 aliphatic heterocycles. The number of nitrogens with zero attached hydrogens (tertiary/aromatic N) is 4. The van der Waals surface area contributed by atoms with Crippen LogP contribution in [-0.4, -0.2) is 36.1 Å². The zero-order chi connectivity index (χ0) is 19.3. The zero-order valence-corrected chi connectivity index (χ0v) is 17.3. The Kier molecular flexibility index (Phi) is 5.98. The molecule has 0 amide bonds. The monoisotopic (exact) mass is 379 g/mol. The Morgan fingerprint density at radius 2 is 1.54 bits per heavy atom. The molecule has 0 bridgehead atoms. The van der Waals surface area contributed by atoms with Gasteiger partial charge in [-0.3, -0.25) is 0 Å². The molecule has 2 aliphatic rings. The van der Waals surface area contributed by atoms with Gasteiger partial charge < -0.3 is 15.1 Å². The third-order valence-electron chi connectivity index (χ3n) is 6.02. The molecule has 5 heteroatoms. The molecule has 0 aliphatic carbocycles. The molecular weight excluding hydrogens is 346 g/mol. The third-order valence-corrected chi connectivity index (χ3v) is 6.02. The van der Waals surface area contributed by atoms with Gasteiger partial charge in [-0.25, -0.2) is 4.98 Å². The molecule has 5 nitrogen and oxygen atoms in total. The second kappa shape index (κ2) is 8.80. The molecular formula is C23H33N5. The fourth-order valence-corrected chi connectivity index (χ4v) is 4.20. The van der Waals surface area contributed by atoms with Crippen molar-refractivity contribution in [1.29, 1.82) is 0 Å². The molecule has 1 N–H and O–H groups in total. The van der Waals surface area contributed by atoms with E-state index in [0.717, 1.165) is 55.2 Å². The van der Waals surface area contributed by atoms with Gasteiger partial charge in [-0.1, -0.05) is 19.8 Å². The predicted octanol–water partition coefficient (Wildman–Crippen LogP) is 5.15. The fourth-order valence-electron chi connectivity index (χ4n) is 4.20. The van der Waals surface area contributed by atoms with E-state index in [2.05, 4.69) is 53.2 Å². The summed E-state index contributed by atoms with van der Waals surface area (Å²) in [5.41, 5.74) is 3.41. The van der Waals surface area contributed by atoms with Crippen molar-refractivity contribution in [3.05, 3.63) is 36.0 Å². The summed E-state index contributed by atoms with van der Waals surface area (Å²) >= 11 is 0. The van der Waals surface area contributed by atoms with Crippen LogP contribution in [0, 0.1) is 12.8 Å². The van der Waals surface area contributed by atoms with Crippen LogP contribution in [0.5, 0.6) is 0 Å². The lowest BCUT2D eigenvalue weighted by atomic mass is 9.99. The lowest BCUT2D eigenvalue weighted by Crippen LogP contribution is -2.32. The van der Waals surface area contributed by atoms with Crippen molar-refractivity contribution in [3.8, 4) is 0 Å². The first kappa shape index (κ1) is 19.0. The standard InChI is InChI=1S/C23H33N5/c1-18-11-15-27(16-12-18)21-9-7-20(8-10-21)25-22-17-19(2)24-23(26-22)28-13-5-3-4-6-14-28/h7-10,17-18H,3-6,11-16H2,1-2H3,(H,24,25,26). The number of anilines is 4. The van der Waals surface area contributed by atoms with E-state index >= 15 is 0 Å². The Hall–Kier alpha value is -2.30. The van der Waals surface area contributed by atoms with E-state index in [1.807, 2.05) is 6.07 Å². The largest absolute Gasteiger partial charge is 0.372 e. The van der Waals surface area contributed by atoms with Gasteiger partial charge >= 0.3 is 0 Å². The average Bonchev–Trinajstić information content (AvgIpc) is 2.98. The van der Waals surface area contributed by atoms with Crippen LogP contribution in [0.25, 0.3) is 0 Å². The minimum Gasteiger partial charge on any atom is -0.372 e. The normalized spacial score (nSPS) is 18.8. The van der Waals surface area contributed by atoms with E-state index in [1.54, 1.807) is 0 Å². The lowest BCUT2D eigenvalue weighted by molar-refractivity contribution is 0.438. The molecule has 28 heavy (non-hydrogen) atoms. The van der Waals surface area contributed by atoms with Crippen LogP contribution in [0.3, 0.4) is 0 Å². The quantitative estimate of drug-likeness (QED) is 0.796. The summed E-state index contributed by atoms with van der Waals surface area (Å²) in [6, 6.07) is 10.8. The van der Waals surface area contributed by atoms with Gasteiger partial charge in [0.1, 0.15) is 5.82 Å². The van der Waals surface area contributed by atoms with Crippen LogP contribution in [0.2, 0.25) is 0 Å². The maximum absolute atomic E-state index is 4.81. The summed E-state index contributed by atoms with van der Waals surface area (Å²) in [4.78, 5) is 14.3. The highest BCUT2D eigenvalue weighted by Crippen LogP contribution is 2.26. The van der Waals surface area contributed by atoms with Gasteiger partial charge in [0, 0.05) is 49.3 Å². The van der Waals surface area contributed by atoms with Gasteiger partial charge in [-0.15, -0.1) is 0 Å². The SMILES string of the molecule is Cc1cc(Nc2ccc(N3CCC(C)CC3)cc2)nc(N2CCCCCC2)n1. The molecule has 1 aromatic heterocycles. The number of hydrogen-bond acceptors (Lipinski definition) is 5. The van der Waals surface area contributed by atoms with Crippen molar-refractivity contribution in [1.82, 2.24) is 9.97 Å². The van der Waals surface area contributed by atoms with Gasteiger partial charge in [-0.2, -0.15) is 4.98 Å². The van der Waals surface area contributed by atoms with E-state index in [9.17, 15) is 0 Å². The average molecular weight is 380 g/mol. The Balaban J connectivity index is 1.45. The van der Waals surface area contributed by atoms with E-state index in [4.69, 9.17) is 9.97 Å². The van der Waals surface area contributed by atoms with Crippen LogP contribution in [0.4, 0.5) is 23.1 Å². The highest BCUT2D eigenvalue weighted by molar-refractivity contribution is 5.62. The van der Waals surface area contributed by atoms with Crippen molar-refractivity contribution >= 4 is 23.1 Å². The third kappa shape index (κ3) is 4.75. The number of hydrogen-bond donors (Lipinski definition) is 1. The minimum atomic E-state index is 0.858. The van der Waals surface area contributed by atoms with Crippen LogP contribution in [0.1, 0.15) is 51.1 Å². The van der Waals surface area contributed by atoms with Crippen LogP contribution in [0.15, 0.2) is 30.3 Å². The maximum Gasteiger partial charge on any atom is 0.227 e. The van der Waals surface area contributed by atoms with Gasteiger partial charge in [0.05, 0.1) is 0 Å². The van der Waals surface area contributed by atoms with Crippen LogP contribution in [-0.2, 0) is 0 Å². The first-order chi connectivity index (χ1) is 13.7. The number of benzene rings is 1.